The number of fused-ring (bicyclic) bond motifs is 2. The number of benzene rings is 2. The Bertz CT molecular complexity index is 942. The van der Waals surface area contributed by atoms with E-state index in [1.165, 1.54) is 16.7 Å². The molecule has 162 valence electrons. The Morgan fingerprint density at radius 2 is 1.80 bits per heavy atom. The minimum atomic E-state index is 0.145. The lowest BCUT2D eigenvalue weighted by molar-refractivity contribution is 0.173. The first-order valence-electron chi connectivity index (χ1n) is 10.6. The van der Waals surface area contributed by atoms with E-state index in [1.54, 1.807) is 27.4 Å². The van der Waals surface area contributed by atoms with Gasteiger partial charge in [-0.25, -0.2) is 0 Å². The highest BCUT2D eigenvalue weighted by molar-refractivity contribution is 5.88. The third-order valence-corrected chi connectivity index (χ3v) is 6.38. The van der Waals surface area contributed by atoms with Crippen molar-refractivity contribution in [3.05, 3.63) is 34.9 Å². The molecule has 4 rings (SSSR count). The zero-order valence-corrected chi connectivity index (χ0v) is 18.6. The third-order valence-electron chi connectivity index (χ3n) is 6.38. The van der Waals surface area contributed by atoms with Gasteiger partial charge < -0.3 is 24.2 Å². The molecule has 0 spiro atoms. The maximum atomic E-state index is 10.5. The molecule has 1 atom stereocenters. The fourth-order valence-corrected chi connectivity index (χ4v) is 5.06. The standard InChI is InChI=1S/C24H32N2O4/c1-25(2)10-6-11-26-12-9-16-14-19(28-3)24(30-5)22-20(16)17(26)13-15-7-8-18(27)23(29-4)21(15)22/h7-8,14,17,27H,6,9-13H2,1-5H3/t17-/m0/s1. The van der Waals surface area contributed by atoms with Crippen LogP contribution in [0.2, 0.25) is 0 Å². The average Bonchev–Trinajstić information content (AvgIpc) is 2.74. The van der Waals surface area contributed by atoms with E-state index in [0.29, 0.717) is 11.5 Å². The highest BCUT2D eigenvalue weighted by Gasteiger charge is 2.39. The molecule has 1 N–H and O–H groups in total. The first-order chi connectivity index (χ1) is 14.5. The zero-order chi connectivity index (χ0) is 21.4. The number of ether oxygens (including phenoxy) is 3. The second-order valence-corrected chi connectivity index (χ2v) is 8.37. The Kier molecular flexibility index (Phi) is 5.80. The molecule has 2 aliphatic rings. The van der Waals surface area contributed by atoms with Crippen molar-refractivity contribution < 1.29 is 19.3 Å². The molecule has 0 fully saturated rings. The normalized spacial score (nSPS) is 17.5. The van der Waals surface area contributed by atoms with Crippen molar-refractivity contribution >= 4 is 0 Å². The maximum absolute atomic E-state index is 10.5. The lowest BCUT2D eigenvalue weighted by Crippen LogP contribution is -2.39. The smallest absolute Gasteiger partial charge is 0.169 e. The second kappa shape index (κ2) is 8.36. The van der Waals surface area contributed by atoms with E-state index in [9.17, 15) is 5.11 Å². The molecule has 0 saturated carbocycles. The van der Waals surface area contributed by atoms with Crippen LogP contribution in [0.4, 0.5) is 0 Å². The van der Waals surface area contributed by atoms with Gasteiger partial charge in [0.15, 0.2) is 23.0 Å². The predicted octanol–water partition coefficient (Wildman–Crippen LogP) is 3.49. The number of phenolic OH excluding ortho intramolecular Hbond substituents is 1. The summed E-state index contributed by atoms with van der Waals surface area (Å²) in [4.78, 5) is 4.84. The zero-order valence-electron chi connectivity index (χ0n) is 18.6. The molecule has 1 aliphatic carbocycles. The van der Waals surface area contributed by atoms with Crippen LogP contribution in [0.5, 0.6) is 23.0 Å². The van der Waals surface area contributed by atoms with Crippen molar-refractivity contribution in [1.82, 2.24) is 9.80 Å². The van der Waals surface area contributed by atoms with Crippen LogP contribution in [0, 0.1) is 0 Å². The molecular weight excluding hydrogens is 380 g/mol. The predicted molar refractivity (Wildman–Crippen MR) is 118 cm³/mol. The maximum Gasteiger partial charge on any atom is 0.169 e. The number of hydrogen-bond donors (Lipinski definition) is 1. The van der Waals surface area contributed by atoms with Crippen LogP contribution in [0.1, 0.15) is 29.2 Å². The molecule has 1 heterocycles. The molecule has 2 aromatic rings. The van der Waals surface area contributed by atoms with Gasteiger partial charge in [0.1, 0.15) is 0 Å². The van der Waals surface area contributed by atoms with Crippen LogP contribution < -0.4 is 14.2 Å². The molecule has 0 bridgehead atoms. The molecule has 6 heteroatoms. The molecule has 0 amide bonds. The molecule has 0 unspecified atom stereocenters. The summed E-state index contributed by atoms with van der Waals surface area (Å²) in [5.74, 6) is 2.09. The van der Waals surface area contributed by atoms with E-state index in [4.69, 9.17) is 14.2 Å². The summed E-state index contributed by atoms with van der Waals surface area (Å²) in [7, 11) is 9.20. The van der Waals surface area contributed by atoms with E-state index < -0.39 is 0 Å². The molecule has 2 aromatic carbocycles. The first-order valence-corrected chi connectivity index (χ1v) is 10.6. The van der Waals surface area contributed by atoms with Gasteiger partial charge >= 0.3 is 0 Å². The monoisotopic (exact) mass is 412 g/mol. The molecule has 0 radical (unpaired) electrons. The number of aromatic hydroxyl groups is 1. The summed E-state index contributed by atoms with van der Waals surface area (Å²) in [6.07, 6.45) is 2.99. The van der Waals surface area contributed by atoms with E-state index in [0.717, 1.165) is 55.8 Å². The summed E-state index contributed by atoms with van der Waals surface area (Å²) in [6.45, 7) is 3.17. The van der Waals surface area contributed by atoms with Gasteiger partial charge in [-0.15, -0.1) is 0 Å². The van der Waals surface area contributed by atoms with Crippen LogP contribution >= 0.6 is 0 Å². The van der Waals surface area contributed by atoms with Crippen LogP contribution in [0.15, 0.2) is 18.2 Å². The van der Waals surface area contributed by atoms with Gasteiger partial charge in [-0.3, -0.25) is 4.90 Å². The van der Waals surface area contributed by atoms with Crippen LogP contribution in [-0.4, -0.2) is 70.0 Å². The largest absolute Gasteiger partial charge is 0.504 e. The minimum absolute atomic E-state index is 0.145. The molecule has 30 heavy (non-hydrogen) atoms. The topological polar surface area (TPSA) is 54.4 Å². The van der Waals surface area contributed by atoms with Crippen LogP contribution in [0.25, 0.3) is 11.1 Å². The van der Waals surface area contributed by atoms with E-state index in [-0.39, 0.29) is 11.8 Å². The molecule has 0 saturated heterocycles. The van der Waals surface area contributed by atoms with Gasteiger partial charge in [-0.05, 0) is 75.3 Å². The number of hydrogen-bond acceptors (Lipinski definition) is 6. The van der Waals surface area contributed by atoms with Crippen molar-refractivity contribution in [2.75, 3.05) is 55.1 Å². The fraction of sp³-hybridized carbons (Fsp3) is 0.500. The van der Waals surface area contributed by atoms with Crippen LogP contribution in [-0.2, 0) is 12.8 Å². The van der Waals surface area contributed by atoms with Crippen molar-refractivity contribution in [3.63, 3.8) is 0 Å². The van der Waals surface area contributed by atoms with Crippen LogP contribution in [0.3, 0.4) is 0 Å². The Morgan fingerprint density at radius 1 is 1.03 bits per heavy atom. The molecule has 0 aromatic heterocycles. The molecule has 6 nitrogen and oxygen atoms in total. The van der Waals surface area contributed by atoms with E-state index in [2.05, 4.69) is 30.0 Å². The summed E-state index contributed by atoms with van der Waals surface area (Å²) < 4.78 is 17.2. The second-order valence-electron chi connectivity index (χ2n) is 8.37. The van der Waals surface area contributed by atoms with Gasteiger partial charge in [0, 0.05) is 23.7 Å². The average molecular weight is 413 g/mol. The summed E-state index contributed by atoms with van der Waals surface area (Å²) in [5.41, 5.74) is 5.69. The quantitative estimate of drug-likeness (QED) is 0.751. The lowest BCUT2D eigenvalue weighted by Gasteiger charge is -2.42. The van der Waals surface area contributed by atoms with Crippen molar-refractivity contribution in [3.8, 4) is 34.1 Å². The number of nitrogens with zero attached hydrogens (tertiary/aromatic N) is 2. The fourth-order valence-electron chi connectivity index (χ4n) is 5.06. The highest BCUT2D eigenvalue weighted by atomic mass is 16.5. The van der Waals surface area contributed by atoms with Gasteiger partial charge in [0.2, 0.25) is 0 Å². The molecule has 1 aliphatic heterocycles. The number of rotatable bonds is 7. The van der Waals surface area contributed by atoms with Crippen molar-refractivity contribution in [2.45, 2.75) is 25.3 Å². The minimum Gasteiger partial charge on any atom is -0.504 e. The van der Waals surface area contributed by atoms with Gasteiger partial charge in [-0.1, -0.05) is 6.07 Å². The van der Waals surface area contributed by atoms with Gasteiger partial charge in [0.05, 0.1) is 21.3 Å². The van der Waals surface area contributed by atoms with Crippen molar-refractivity contribution in [2.24, 2.45) is 0 Å². The lowest BCUT2D eigenvalue weighted by atomic mass is 9.76. The van der Waals surface area contributed by atoms with Gasteiger partial charge in [-0.2, -0.15) is 0 Å². The first kappa shape index (κ1) is 20.8. The van der Waals surface area contributed by atoms with E-state index in [1.807, 2.05) is 6.07 Å². The van der Waals surface area contributed by atoms with Crippen molar-refractivity contribution in [1.29, 1.82) is 0 Å². The van der Waals surface area contributed by atoms with E-state index >= 15 is 0 Å². The Labute approximate surface area is 179 Å². The summed E-state index contributed by atoms with van der Waals surface area (Å²) >= 11 is 0. The highest BCUT2D eigenvalue weighted by Crippen LogP contribution is 2.56. The van der Waals surface area contributed by atoms with Gasteiger partial charge in [0.25, 0.3) is 0 Å². The number of methoxy groups -OCH3 is 3. The Morgan fingerprint density at radius 3 is 2.47 bits per heavy atom. The third kappa shape index (κ3) is 3.38. The number of phenols is 1. The SMILES string of the molecule is COc1cc2c3c(c1OC)-c1c(ccc(O)c1OC)C[C@@H]3N(CCCN(C)C)CC2. The Balaban J connectivity index is 1.90. The molecular formula is C24H32N2O4. The Hall–Kier alpha value is -2.44. The summed E-state index contributed by atoms with van der Waals surface area (Å²) in [5, 5.41) is 10.5. The summed E-state index contributed by atoms with van der Waals surface area (Å²) in [6, 6.07) is 6.16.